The second kappa shape index (κ2) is 8.51. The van der Waals surface area contributed by atoms with E-state index < -0.39 is 11.1 Å². The predicted molar refractivity (Wildman–Crippen MR) is 153 cm³/mol. The lowest BCUT2D eigenvalue weighted by Crippen LogP contribution is -2.71. The number of alkyl halides is 1. The third-order valence-electron chi connectivity index (χ3n) is 11.3. The Morgan fingerprint density at radius 3 is 2.41 bits per heavy atom. The van der Waals surface area contributed by atoms with Crippen LogP contribution in [0, 0.1) is 10.8 Å². The van der Waals surface area contributed by atoms with Gasteiger partial charge < -0.3 is 9.42 Å². The Labute approximate surface area is 240 Å². The van der Waals surface area contributed by atoms with Gasteiger partial charge in [-0.2, -0.15) is 10.1 Å². The van der Waals surface area contributed by atoms with Crippen LogP contribution in [0.1, 0.15) is 114 Å². The highest BCUT2D eigenvalue weighted by Crippen LogP contribution is 2.70. The average Bonchev–Trinajstić information content (AvgIpc) is 3.52. The Morgan fingerprint density at radius 2 is 1.80 bits per heavy atom. The van der Waals surface area contributed by atoms with Crippen molar-refractivity contribution in [3.8, 4) is 11.4 Å². The number of aryl methyl sites for hydroxylation is 1. The molecule has 0 radical (unpaired) electrons. The Hall–Kier alpha value is -3.03. The van der Waals surface area contributed by atoms with Crippen LogP contribution in [0.2, 0.25) is 0 Å². The van der Waals surface area contributed by atoms with Crippen LogP contribution in [0.4, 0.5) is 10.1 Å². The van der Waals surface area contributed by atoms with Crippen molar-refractivity contribution in [2.45, 2.75) is 107 Å². The van der Waals surface area contributed by atoms with Gasteiger partial charge >= 0.3 is 0 Å². The van der Waals surface area contributed by atoms with Crippen LogP contribution in [-0.2, 0) is 17.3 Å². The number of aromatic nitrogens is 4. The van der Waals surface area contributed by atoms with Gasteiger partial charge in [-0.05, 0) is 94.2 Å². The van der Waals surface area contributed by atoms with E-state index in [9.17, 15) is 9.18 Å². The van der Waals surface area contributed by atoms with Gasteiger partial charge in [0, 0.05) is 47.8 Å². The summed E-state index contributed by atoms with van der Waals surface area (Å²) in [4.78, 5) is 20.8. The number of rotatable bonds is 8. The molecule has 7 saturated carbocycles. The fourth-order valence-electron chi connectivity index (χ4n) is 8.64. The predicted octanol–water partition coefficient (Wildman–Crippen LogP) is 6.99. The molecule has 7 nitrogen and oxygen atoms in total. The van der Waals surface area contributed by atoms with E-state index in [2.05, 4.69) is 27.9 Å². The maximum absolute atomic E-state index is 14.6. The molecule has 7 aliphatic carbocycles. The van der Waals surface area contributed by atoms with Crippen molar-refractivity contribution in [3.05, 3.63) is 47.6 Å². The topological polar surface area (TPSA) is 77.1 Å². The molecule has 0 aliphatic heterocycles. The minimum Gasteiger partial charge on any atom is -0.339 e. The highest BCUT2D eigenvalue weighted by atomic mass is 19.1. The third kappa shape index (κ3) is 3.95. The molecule has 8 heteroatoms. The van der Waals surface area contributed by atoms with Gasteiger partial charge in [-0.25, -0.2) is 4.39 Å². The van der Waals surface area contributed by atoms with E-state index in [1.165, 1.54) is 24.2 Å². The Balaban J connectivity index is 1.07. The summed E-state index contributed by atoms with van der Waals surface area (Å²) in [6.07, 6.45) is 10.4. The highest BCUT2D eigenvalue weighted by Gasteiger charge is 2.73. The van der Waals surface area contributed by atoms with Crippen LogP contribution in [0.25, 0.3) is 11.4 Å². The smallest absolute Gasteiger partial charge is 0.233 e. The van der Waals surface area contributed by atoms with E-state index >= 15 is 0 Å². The van der Waals surface area contributed by atoms with Crippen LogP contribution in [0.5, 0.6) is 0 Å². The molecule has 2 heterocycles. The molecular formula is C33H40FN5O2. The maximum Gasteiger partial charge on any atom is 0.233 e. The van der Waals surface area contributed by atoms with Crippen molar-refractivity contribution in [1.82, 2.24) is 19.9 Å². The first-order valence-corrected chi connectivity index (χ1v) is 15.6. The Kier molecular flexibility index (Phi) is 5.33. The molecule has 3 aromatic rings. The molecule has 2 aromatic heterocycles. The lowest BCUT2D eigenvalue weighted by Gasteiger charge is -2.65. The zero-order chi connectivity index (χ0) is 28.2. The summed E-state index contributed by atoms with van der Waals surface area (Å²) in [6.45, 7) is 4.74. The van der Waals surface area contributed by atoms with Gasteiger partial charge in [-0.15, -0.1) is 0 Å². The molecule has 1 aromatic carbocycles. The zero-order valence-corrected chi connectivity index (χ0v) is 24.5. The van der Waals surface area contributed by atoms with E-state index in [-0.39, 0.29) is 22.7 Å². The van der Waals surface area contributed by atoms with Crippen molar-refractivity contribution in [3.63, 3.8) is 0 Å². The summed E-state index contributed by atoms with van der Waals surface area (Å²) in [6, 6.07) is 10.4. The normalized spacial score (nSPS) is 33.5. The second-order valence-electron chi connectivity index (χ2n) is 14.6. The lowest BCUT2D eigenvalue weighted by atomic mass is 9.41. The van der Waals surface area contributed by atoms with Gasteiger partial charge in [0.05, 0.1) is 11.1 Å². The van der Waals surface area contributed by atoms with Gasteiger partial charge in [0.25, 0.3) is 0 Å². The van der Waals surface area contributed by atoms with Crippen LogP contribution in [0.15, 0.2) is 34.9 Å². The number of carbonyl (C=O) groups excluding carboxylic acids is 1. The average molecular weight is 558 g/mol. The quantitative estimate of drug-likeness (QED) is 0.298. The second-order valence-corrected chi connectivity index (χ2v) is 14.6. The van der Waals surface area contributed by atoms with Gasteiger partial charge in [-0.1, -0.05) is 31.1 Å². The zero-order valence-electron chi connectivity index (χ0n) is 24.5. The van der Waals surface area contributed by atoms with Gasteiger partial charge in [0.1, 0.15) is 5.67 Å². The first-order valence-electron chi connectivity index (χ1n) is 15.6. The minimum atomic E-state index is -1.11. The first-order chi connectivity index (χ1) is 19.6. The number of halogens is 1. The third-order valence-corrected chi connectivity index (χ3v) is 11.3. The van der Waals surface area contributed by atoms with Crippen LogP contribution in [-0.4, -0.2) is 38.0 Å². The number of carbonyl (C=O) groups is 1. The molecule has 0 unspecified atom stereocenters. The molecule has 4 bridgehead atoms. The number of anilines is 1. The SMILES string of the molecule is CC(C)c1nc(-c2cccc(N(CC34CCC(c5cc(C6CC6)nn5C)(CC3)CC4)C(=O)C34CC(F)(C3)C4)c2)no1. The van der Waals surface area contributed by atoms with Crippen molar-refractivity contribution >= 4 is 11.6 Å². The lowest BCUT2D eigenvalue weighted by molar-refractivity contribution is -0.211. The molecule has 0 spiro atoms. The number of benzene rings is 1. The van der Waals surface area contributed by atoms with Gasteiger partial charge in [0.15, 0.2) is 0 Å². The molecule has 0 atom stereocenters. The molecule has 0 saturated heterocycles. The van der Waals surface area contributed by atoms with Gasteiger partial charge in [0.2, 0.25) is 17.6 Å². The van der Waals surface area contributed by atoms with E-state index in [0.29, 0.717) is 43.4 Å². The number of amides is 1. The highest BCUT2D eigenvalue weighted by molar-refractivity contribution is 6.00. The number of nitrogens with zero attached hydrogens (tertiary/aromatic N) is 5. The van der Waals surface area contributed by atoms with Crippen LogP contribution >= 0.6 is 0 Å². The van der Waals surface area contributed by atoms with Gasteiger partial charge in [-0.3, -0.25) is 9.48 Å². The molecule has 10 rings (SSSR count). The standard InChI is InChI=1S/C33H40FN5O2/c1-21(2)28-35-27(37-41-28)23-5-4-6-24(15-23)39(29(40)32-17-33(34,18-32)19-32)20-30-9-12-31(13-10-30,14-11-30)26-16-25(22-7-8-22)36-38(26)3/h4-6,15-16,21-22H,7-14,17-20H2,1-3H3. The van der Waals surface area contributed by atoms with Crippen molar-refractivity contribution < 1.29 is 13.7 Å². The summed E-state index contributed by atoms with van der Waals surface area (Å²) < 4.78 is 22.2. The Morgan fingerprint density at radius 1 is 1.10 bits per heavy atom. The first kappa shape index (κ1) is 25.7. The maximum atomic E-state index is 14.6. The molecule has 7 fully saturated rings. The fraction of sp³-hybridized carbons (Fsp3) is 0.636. The number of hydrogen-bond donors (Lipinski definition) is 0. The van der Waals surface area contributed by atoms with E-state index in [0.717, 1.165) is 49.8 Å². The summed E-state index contributed by atoms with van der Waals surface area (Å²) in [7, 11) is 2.12. The Bertz CT molecular complexity index is 1490. The minimum absolute atomic E-state index is 0.0826. The molecule has 1 amide bonds. The van der Waals surface area contributed by atoms with E-state index in [4.69, 9.17) is 9.62 Å². The molecule has 7 aliphatic rings. The fourth-order valence-corrected chi connectivity index (χ4v) is 8.64. The van der Waals surface area contributed by atoms with Crippen molar-refractivity contribution in [2.24, 2.45) is 17.9 Å². The van der Waals surface area contributed by atoms with Crippen molar-refractivity contribution in [1.29, 1.82) is 0 Å². The summed E-state index contributed by atoms with van der Waals surface area (Å²) in [5.74, 6) is 2.05. The van der Waals surface area contributed by atoms with E-state index in [1.54, 1.807) is 0 Å². The monoisotopic (exact) mass is 557 g/mol. The summed E-state index contributed by atoms with van der Waals surface area (Å²) in [5.41, 5.74) is 3.03. The van der Waals surface area contributed by atoms with E-state index in [1.807, 2.05) is 43.0 Å². The molecular weight excluding hydrogens is 517 g/mol. The molecule has 0 N–H and O–H groups in total. The van der Waals surface area contributed by atoms with Crippen molar-refractivity contribution in [2.75, 3.05) is 11.4 Å². The molecule has 216 valence electrons. The molecule has 41 heavy (non-hydrogen) atoms. The van der Waals surface area contributed by atoms with Crippen LogP contribution < -0.4 is 4.90 Å². The summed E-state index contributed by atoms with van der Waals surface area (Å²) in [5, 5.41) is 9.11. The van der Waals surface area contributed by atoms with Crippen LogP contribution in [0.3, 0.4) is 0 Å². The number of hydrogen-bond acceptors (Lipinski definition) is 5. The summed E-state index contributed by atoms with van der Waals surface area (Å²) >= 11 is 0. The number of fused-ring (bicyclic) bond motifs is 3. The largest absolute Gasteiger partial charge is 0.339 e.